The van der Waals surface area contributed by atoms with Crippen LogP contribution in [0.25, 0.3) is 0 Å². The molecule has 1 amide bonds. The van der Waals surface area contributed by atoms with E-state index in [-0.39, 0.29) is 23.8 Å². The predicted molar refractivity (Wildman–Crippen MR) is 92.6 cm³/mol. The van der Waals surface area contributed by atoms with Crippen molar-refractivity contribution in [1.82, 2.24) is 0 Å². The molecule has 1 aromatic carbocycles. The van der Waals surface area contributed by atoms with Crippen LogP contribution >= 0.6 is 15.9 Å². The van der Waals surface area contributed by atoms with Gasteiger partial charge in [-0.3, -0.25) is 9.59 Å². The van der Waals surface area contributed by atoms with Crippen molar-refractivity contribution >= 4 is 33.5 Å². The number of carbonyl (C=O) groups is 2. The number of benzene rings is 1. The number of nitrogens with one attached hydrogen (secondary N) is 1. The molecule has 1 aromatic heterocycles. The number of amides is 1. The summed E-state index contributed by atoms with van der Waals surface area (Å²) in [6, 6.07) is 5.29. The van der Waals surface area contributed by atoms with Crippen molar-refractivity contribution in [1.29, 1.82) is 0 Å². The molecule has 0 aliphatic rings. The lowest BCUT2D eigenvalue weighted by molar-refractivity contribution is -0.136. The first-order valence-electron chi connectivity index (χ1n) is 7.34. The van der Waals surface area contributed by atoms with Gasteiger partial charge in [-0.25, -0.2) is 0 Å². The number of anilines is 1. The fourth-order valence-corrected chi connectivity index (χ4v) is 2.57. The van der Waals surface area contributed by atoms with Gasteiger partial charge in [0.25, 0.3) is 5.91 Å². The van der Waals surface area contributed by atoms with E-state index in [9.17, 15) is 9.59 Å². The van der Waals surface area contributed by atoms with Gasteiger partial charge in [-0.1, -0.05) is 15.9 Å². The van der Waals surface area contributed by atoms with E-state index in [1.807, 2.05) is 19.9 Å². The Morgan fingerprint density at radius 1 is 1.38 bits per heavy atom. The van der Waals surface area contributed by atoms with Gasteiger partial charge in [-0.15, -0.1) is 0 Å². The van der Waals surface area contributed by atoms with Crippen molar-refractivity contribution in [3.8, 4) is 5.75 Å². The predicted octanol–water partition coefficient (Wildman–Crippen LogP) is 4.02. The number of aryl methyl sites for hydroxylation is 1. The minimum absolute atomic E-state index is 0.0555. The summed E-state index contributed by atoms with van der Waals surface area (Å²) in [6.07, 6.45) is 0.962. The number of rotatable bonds is 6. The fraction of sp³-hybridized carbons (Fsp3) is 0.294. The molecule has 7 heteroatoms. The van der Waals surface area contributed by atoms with E-state index in [1.54, 1.807) is 19.1 Å². The molecule has 0 saturated carbocycles. The molecule has 0 radical (unpaired) electrons. The molecule has 0 saturated heterocycles. The molecule has 1 heterocycles. The van der Waals surface area contributed by atoms with Crippen LogP contribution < -0.4 is 10.1 Å². The lowest BCUT2D eigenvalue weighted by atomic mass is 10.1. The SMILES string of the molecule is Cc1coc(CC(=O)O)c1C(=O)Nc1cc(Br)ccc1OC(C)C. The fourth-order valence-electron chi connectivity index (χ4n) is 2.21. The summed E-state index contributed by atoms with van der Waals surface area (Å²) in [6.45, 7) is 5.47. The third-order valence-electron chi connectivity index (χ3n) is 3.14. The summed E-state index contributed by atoms with van der Waals surface area (Å²) in [5.74, 6) is -0.852. The van der Waals surface area contributed by atoms with Gasteiger partial charge in [-0.05, 0) is 39.0 Å². The summed E-state index contributed by atoms with van der Waals surface area (Å²) >= 11 is 3.36. The molecule has 0 atom stereocenters. The molecule has 24 heavy (non-hydrogen) atoms. The minimum atomic E-state index is -1.07. The molecular formula is C17H18BrNO5. The molecule has 0 bridgehead atoms. The number of carboxylic acids is 1. The van der Waals surface area contributed by atoms with Crippen molar-refractivity contribution in [3.63, 3.8) is 0 Å². The molecule has 0 unspecified atom stereocenters. The summed E-state index contributed by atoms with van der Waals surface area (Å²) in [7, 11) is 0. The summed E-state index contributed by atoms with van der Waals surface area (Å²) in [4.78, 5) is 23.5. The zero-order valence-electron chi connectivity index (χ0n) is 13.6. The second kappa shape index (κ2) is 7.53. The van der Waals surface area contributed by atoms with Crippen LogP contribution in [0.3, 0.4) is 0 Å². The molecule has 0 fully saturated rings. The number of hydrogen-bond donors (Lipinski definition) is 2. The maximum Gasteiger partial charge on any atom is 0.311 e. The van der Waals surface area contributed by atoms with E-state index in [0.717, 1.165) is 4.47 Å². The van der Waals surface area contributed by atoms with Crippen molar-refractivity contribution in [2.24, 2.45) is 0 Å². The summed E-state index contributed by atoms with van der Waals surface area (Å²) in [5.41, 5.74) is 1.29. The summed E-state index contributed by atoms with van der Waals surface area (Å²) < 4.78 is 11.7. The van der Waals surface area contributed by atoms with Gasteiger partial charge in [0, 0.05) is 10.0 Å². The number of aliphatic carboxylic acids is 1. The average molecular weight is 396 g/mol. The zero-order chi connectivity index (χ0) is 17.9. The third kappa shape index (κ3) is 4.38. The molecule has 2 rings (SSSR count). The lowest BCUT2D eigenvalue weighted by Gasteiger charge is -2.15. The van der Waals surface area contributed by atoms with Gasteiger partial charge in [0.2, 0.25) is 0 Å². The maximum atomic E-state index is 12.6. The average Bonchev–Trinajstić information content (AvgIpc) is 2.81. The van der Waals surface area contributed by atoms with Crippen LogP contribution in [-0.4, -0.2) is 23.1 Å². The van der Waals surface area contributed by atoms with Crippen LogP contribution in [0.1, 0.15) is 35.5 Å². The molecule has 0 aliphatic heterocycles. The van der Waals surface area contributed by atoms with Gasteiger partial charge in [-0.2, -0.15) is 0 Å². The lowest BCUT2D eigenvalue weighted by Crippen LogP contribution is -2.17. The van der Waals surface area contributed by atoms with E-state index >= 15 is 0 Å². The van der Waals surface area contributed by atoms with Gasteiger partial charge in [0.1, 0.15) is 17.9 Å². The number of ether oxygens (including phenoxy) is 1. The Bertz CT molecular complexity index is 766. The first-order chi connectivity index (χ1) is 11.3. The van der Waals surface area contributed by atoms with Crippen LogP contribution in [0.4, 0.5) is 5.69 Å². The van der Waals surface area contributed by atoms with Gasteiger partial charge in [0.05, 0.1) is 23.6 Å². The molecule has 0 aliphatic carbocycles. The number of carboxylic acid groups (broad SMARTS) is 1. The monoisotopic (exact) mass is 395 g/mol. The smallest absolute Gasteiger partial charge is 0.311 e. The Balaban J connectivity index is 2.32. The third-order valence-corrected chi connectivity index (χ3v) is 3.64. The summed E-state index contributed by atoms with van der Waals surface area (Å²) in [5, 5.41) is 11.7. The molecular weight excluding hydrogens is 378 g/mol. The van der Waals surface area contributed by atoms with Crippen LogP contribution in [0.15, 0.2) is 33.4 Å². The number of furan rings is 1. The van der Waals surface area contributed by atoms with Crippen LogP contribution in [-0.2, 0) is 11.2 Å². The normalized spacial score (nSPS) is 10.7. The molecule has 128 valence electrons. The van der Waals surface area contributed by atoms with E-state index in [1.165, 1.54) is 6.26 Å². The van der Waals surface area contributed by atoms with Crippen LogP contribution in [0.2, 0.25) is 0 Å². The van der Waals surface area contributed by atoms with E-state index in [0.29, 0.717) is 17.0 Å². The zero-order valence-corrected chi connectivity index (χ0v) is 15.1. The largest absolute Gasteiger partial charge is 0.489 e. The second-order valence-electron chi connectivity index (χ2n) is 5.55. The molecule has 0 spiro atoms. The van der Waals surface area contributed by atoms with Crippen molar-refractivity contribution in [2.75, 3.05) is 5.32 Å². The standard InChI is InChI=1S/C17H18BrNO5/c1-9(2)24-13-5-4-11(18)6-12(13)19-17(22)16-10(3)8-23-14(16)7-15(20)21/h4-6,8-9H,7H2,1-3H3,(H,19,22)(H,20,21). The Morgan fingerprint density at radius 2 is 2.08 bits per heavy atom. The first-order valence-corrected chi connectivity index (χ1v) is 8.13. The van der Waals surface area contributed by atoms with Crippen molar-refractivity contribution < 1.29 is 23.8 Å². The van der Waals surface area contributed by atoms with Crippen LogP contribution in [0.5, 0.6) is 5.75 Å². The quantitative estimate of drug-likeness (QED) is 0.770. The molecule has 2 aromatic rings. The Hall–Kier alpha value is -2.28. The highest BCUT2D eigenvalue weighted by molar-refractivity contribution is 9.10. The maximum absolute atomic E-state index is 12.6. The topological polar surface area (TPSA) is 88.8 Å². The molecule has 6 nitrogen and oxygen atoms in total. The van der Waals surface area contributed by atoms with Crippen molar-refractivity contribution in [3.05, 3.63) is 45.8 Å². The van der Waals surface area contributed by atoms with E-state index in [2.05, 4.69) is 21.2 Å². The minimum Gasteiger partial charge on any atom is -0.489 e. The van der Waals surface area contributed by atoms with Crippen LogP contribution in [0, 0.1) is 6.92 Å². The highest BCUT2D eigenvalue weighted by atomic mass is 79.9. The second-order valence-corrected chi connectivity index (χ2v) is 6.46. The Morgan fingerprint density at radius 3 is 2.71 bits per heavy atom. The Labute approximate surface area is 147 Å². The van der Waals surface area contributed by atoms with E-state index in [4.69, 9.17) is 14.3 Å². The van der Waals surface area contributed by atoms with Crippen molar-refractivity contribution in [2.45, 2.75) is 33.3 Å². The highest BCUT2D eigenvalue weighted by Crippen LogP contribution is 2.30. The van der Waals surface area contributed by atoms with Gasteiger partial charge < -0.3 is 19.6 Å². The van der Waals surface area contributed by atoms with Gasteiger partial charge >= 0.3 is 5.97 Å². The number of halogens is 1. The first kappa shape index (κ1) is 18.1. The van der Waals surface area contributed by atoms with E-state index < -0.39 is 11.9 Å². The molecule has 2 N–H and O–H groups in total. The number of carbonyl (C=O) groups excluding carboxylic acids is 1. The Kier molecular flexibility index (Phi) is 5.66. The highest BCUT2D eigenvalue weighted by Gasteiger charge is 2.21. The number of hydrogen-bond acceptors (Lipinski definition) is 4. The van der Waals surface area contributed by atoms with Gasteiger partial charge in [0.15, 0.2) is 0 Å².